The number of rotatable bonds is 2. The number of hydrogen-bond acceptors (Lipinski definition) is 3. The Morgan fingerprint density at radius 2 is 1.62 bits per heavy atom. The minimum absolute atomic E-state index is 0.314. The Hall–Kier alpha value is -1.45. The quantitative estimate of drug-likeness (QED) is 0.843. The standard InChI is InChI=1S/C12H18N4/c1-6(2)9-11-10(8(5)13-9)14-12(7(3)4)16-15-11/h6-7,13H,1-5H3. The van der Waals surface area contributed by atoms with Gasteiger partial charge in [-0.3, -0.25) is 0 Å². The van der Waals surface area contributed by atoms with Crippen LogP contribution in [0.2, 0.25) is 0 Å². The largest absolute Gasteiger partial charge is 0.359 e. The lowest BCUT2D eigenvalue weighted by Crippen LogP contribution is -2.00. The fourth-order valence-electron chi connectivity index (χ4n) is 1.76. The van der Waals surface area contributed by atoms with Crippen molar-refractivity contribution in [2.24, 2.45) is 0 Å². The van der Waals surface area contributed by atoms with Gasteiger partial charge in [0.05, 0.1) is 0 Å². The van der Waals surface area contributed by atoms with Crippen molar-refractivity contribution < 1.29 is 0 Å². The molecule has 0 aliphatic carbocycles. The van der Waals surface area contributed by atoms with Gasteiger partial charge in [-0.1, -0.05) is 27.7 Å². The van der Waals surface area contributed by atoms with Crippen molar-refractivity contribution in [3.8, 4) is 0 Å². The second-order valence-corrected chi connectivity index (χ2v) is 4.84. The summed E-state index contributed by atoms with van der Waals surface area (Å²) >= 11 is 0. The highest BCUT2D eigenvalue weighted by atomic mass is 15.2. The monoisotopic (exact) mass is 218 g/mol. The first kappa shape index (κ1) is 11.0. The summed E-state index contributed by atoms with van der Waals surface area (Å²) in [4.78, 5) is 7.93. The normalized spacial score (nSPS) is 11.9. The molecule has 0 radical (unpaired) electrons. The van der Waals surface area contributed by atoms with E-state index in [9.17, 15) is 0 Å². The van der Waals surface area contributed by atoms with Gasteiger partial charge in [-0.15, -0.1) is 10.2 Å². The average molecular weight is 218 g/mol. The van der Waals surface area contributed by atoms with Crippen molar-refractivity contribution in [2.45, 2.75) is 46.5 Å². The van der Waals surface area contributed by atoms with Crippen LogP contribution in [0, 0.1) is 6.92 Å². The van der Waals surface area contributed by atoms with E-state index in [0.29, 0.717) is 11.8 Å². The molecule has 0 bridgehead atoms. The highest BCUT2D eigenvalue weighted by molar-refractivity contribution is 5.80. The zero-order chi connectivity index (χ0) is 11.9. The van der Waals surface area contributed by atoms with Gasteiger partial charge in [0, 0.05) is 17.3 Å². The summed E-state index contributed by atoms with van der Waals surface area (Å²) < 4.78 is 0. The lowest BCUT2D eigenvalue weighted by atomic mass is 10.1. The number of nitrogens with one attached hydrogen (secondary N) is 1. The molecule has 86 valence electrons. The van der Waals surface area contributed by atoms with Crippen molar-refractivity contribution in [1.29, 1.82) is 0 Å². The molecule has 2 heterocycles. The molecular formula is C12H18N4. The van der Waals surface area contributed by atoms with E-state index in [1.54, 1.807) is 0 Å². The van der Waals surface area contributed by atoms with Crippen LogP contribution in [0.25, 0.3) is 11.0 Å². The highest BCUT2D eigenvalue weighted by Crippen LogP contribution is 2.24. The van der Waals surface area contributed by atoms with Gasteiger partial charge in [0.2, 0.25) is 0 Å². The number of H-pyrrole nitrogens is 1. The smallest absolute Gasteiger partial charge is 0.154 e. The molecule has 0 fully saturated rings. The SMILES string of the molecule is Cc1[nH]c(C(C)C)c2nnc(C(C)C)nc12. The van der Waals surface area contributed by atoms with Gasteiger partial charge in [0.25, 0.3) is 0 Å². The van der Waals surface area contributed by atoms with Crippen molar-refractivity contribution in [2.75, 3.05) is 0 Å². The molecule has 0 saturated heterocycles. The zero-order valence-corrected chi connectivity index (χ0v) is 10.5. The van der Waals surface area contributed by atoms with Crippen LogP contribution >= 0.6 is 0 Å². The number of aromatic nitrogens is 4. The maximum absolute atomic E-state index is 4.57. The van der Waals surface area contributed by atoms with E-state index in [0.717, 1.165) is 28.2 Å². The molecule has 16 heavy (non-hydrogen) atoms. The molecule has 0 aliphatic rings. The predicted molar refractivity (Wildman–Crippen MR) is 64.6 cm³/mol. The van der Waals surface area contributed by atoms with Crippen LogP contribution < -0.4 is 0 Å². The molecule has 0 atom stereocenters. The van der Waals surface area contributed by atoms with Gasteiger partial charge in [-0.25, -0.2) is 4.98 Å². The molecule has 0 aromatic carbocycles. The molecule has 0 unspecified atom stereocenters. The van der Waals surface area contributed by atoms with Crippen LogP contribution in [0.4, 0.5) is 0 Å². The summed E-state index contributed by atoms with van der Waals surface area (Å²) in [6.07, 6.45) is 0. The number of aromatic amines is 1. The molecule has 4 heteroatoms. The van der Waals surface area contributed by atoms with Crippen LogP contribution in [0.3, 0.4) is 0 Å². The van der Waals surface area contributed by atoms with Crippen molar-refractivity contribution in [3.05, 3.63) is 17.2 Å². The first-order chi connectivity index (χ1) is 7.50. The Kier molecular flexibility index (Phi) is 2.66. The number of fused-ring (bicyclic) bond motifs is 1. The van der Waals surface area contributed by atoms with Gasteiger partial charge in [-0.2, -0.15) is 0 Å². The van der Waals surface area contributed by atoms with E-state index in [4.69, 9.17) is 0 Å². The summed E-state index contributed by atoms with van der Waals surface area (Å²) in [6.45, 7) is 10.5. The topological polar surface area (TPSA) is 54.5 Å². The average Bonchev–Trinajstić information content (AvgIpc) is 2.56. The van der Waals surface area contributed by atoms with E-state index >= 15 is 0 Å². The molecule has 2 rings (SSSR count). The third-order valence-electron chi connectivity index (χ3n) is 2.73. The molecule has 1 N–H and O–H groups in total. The maximum Gasteiger partial charge on any atom is 0.154 e. The van der Waals surface area contributed by atoms with Crippen LogP contribution in [-0.2, 0) is 0 Å². The van der Waals surface area contributed by atoms with E-state index < -0.39 is 0 Å². The fraction of sp³-hybridized carbons (Fsp3) is 0.583. The van der Waals surface area contributed by atoms with Crippen molar-refractivity contribution >= 4 is 11.0 Å². The zero-order valence-electron chi connectivity index (χ0n) is 10.5. The molecule has 0 aliphatic heterocycles. The fourth-order valence-corrected chi connectivity index (χ4v) is 1.76. The Morgan fingerprint density at radius 1 is 0.938 bits per heavy atom. The van der Waals surface area contributed by atoms with Gasteiger partial charge in [0.1, 0.15) is 11.0 Å². The third kappa shape index (κ3) is 1.68. The highest BCUT2D eigenvalue weighted by Gasteiger charge is 2.15. The summed E-state index contributed by atoms with van der Waals surface area (Å²) in [5, 5.41) is 8.48. The summed E-state index contributed by atoms with van der Waals surface area (Å²) in [6, 6.07) is 0. The van der Waals surface area contributed by atoms with Gasteiger partial charge < -0.3 is 4.98 Å². The molecule has 0 amide bonds. The molecule has 4 nitrogen and oxygen atoms in total. The summed E-state index contributed by atoms with van der Waals surface area (Å²) in [5.41, 5.74) is 4.08. The Bertz CT molecular complexity index is 511. The van der Waals surface area contributed by atoms with E-state index in [2.05, 4.69) is 47.9 Å². The molecular weight excluding hydrogens is 200 g/mol. The minimum Gasteiger partial charge on any atom is -0.359 e. The van der Waals surface area contributed by atoms with E-state index in [1.165, 1.54) is 0 Å². The Morgan fingerprint density at radius 3 is 2.19 bits per heavy atom. The maximum atomic E-state index is 4.57. The third-order valence-corrected chi connectivity index (χ3v) is 2.73. The number of hydrogen-bond donors (Lipinski definition) is 1. The molecule has 0 saturated carbocycles. The summed E-state index contributed by atoms with van der Waals surface area (Å²) in [7, 11) is 0. The van der Waals surface area contributed by atoms with E-state index in [-0.39, 0.29) is 0 Å². The number of aryl methyl sites for hydroxylation is 1. The van der Waals surface area contributed by atoms with E-state index in [1.807, 2.05) is 6.92 Å². The molecule has 2 aromatic heterocycles. The first-order valence-electron chi connectivity index (χ1n) is 5.73. The van der Waals surface area contributed by atoms with Crippen molar-refractivity contribution in [3.63, 3.8) is 0 Å². The van der Waals surface area contributed by atoms with Crippen LogP contribution in [0.1, 0.15) is 56.7 Å². The van der Waals surface area contributed by atoms with Gasteiger partial charge in [-0.05, 0) is 12.8 Å². The predicted octanol–water partition coefficient (Wildman–Crippen LogP) is 2.91. The molecule has 2 aromatic rings. The van der Waals surface area contributed by atoms with Gasteiger partial charge >= 0.3 is 0 Å². The van der Waals surface area contributed by atoms with Crippen LogP contribution in [0.15, 0.2) is 0 Å². The van der Waals surface area contributed by atoms with Crippen LogP contribution in [0.5, 0.6) is 0 Å². The lowest BCUT2D eigenvalue weighted by molar-refractivity contribution is 0.748. The minimum atomic E-state index is 0.314. The number of nitrogens with zero attached hydrogens (tertiary/aromatic N) is 3. The Labute approximate surface area is 95.5 Å². The van der Waals surface area contributed by atoms with Crippen molar-refractivity contribution in [1.82, 2.24) is 20.2 Å². The Balaban J connectivity index is 2.67. The second kappa shape index (κ2) is 3.85. The lowest BCUT2D eigenvalue weighted by Gasteiger charge is -2.03. The van der Waals surface area contributed by atoms with Gasteiger partial charge in [0.15, 0.2) is 5.82 Å². The van der Waals surface area contributed by atoms with Crippen LogP contribution in [-0.4, -0.2) is 20.2 Å². The summed E-state index contributed by atoms with van der Waals surface area (Å²) in [5.74, 6) is 1.54. The molecule has 0 spiro atoms. The second-order valence-electron chi connectivity index (χ2n) is 4.84. The first-order valence-corrected chi connectivity index (χ1v) is 5.73.